The molecule has 0 aliphatic rings. The van der Waals surface area contributed by atoms with E-state index in [1.54, 1.807) is 14.2 Å². The van der Waals surface area contributed by atoms with Crippen molar-refractivity contribution >= 4 is 10.4 Å². The van der Waals surface area contributed by atoms with Crippen molar-refractivity contribution in [3.05, 3.63) is 37.4 Å². The van der Waals surface area contributed by atoms with Gasteiger partial charge in [0.15, 0.2) is 0 Å². The van der Waals surface area contributed by atoms with Crippen LogP contribution in [0.1, 0.15) is 39.5 Å². The topological polar surface area (TPSA) is 157 Å². The number of nitrogens with zero attached hydrogens (tertiary/aromatic N) is 4. The van der Waals surface area contributed by atoms with Gasteiger partial charge in [0.05, 0.1) is 53.6 Å². The zero-order chi connectivity index (χ0) is 27.5. The van der Waals surface area contributed by atoms with E-state index in [1.165, 1.54) is 25.7 Å². The van der Waals surface area contributed by atoms with Crippen LogP contribution in [-0.4, -0.2) is 77.5 Å². The largest absolute Gasteiger partial charge is 0.759 e. The molecule has 0 amide bonds. The molecule has 12 nitrogen and oxygen atoms in total. The molecular formula is C22H46N4O8S. The first-order chi connectivity index (χ1) is 16.5. The molecule has 208 valence electrons. The van der Waals surface area contributed by atoms with Crippen LogP contribution in [0.15, 0.2) is 37.4 Å². The van der Waals surface area contributed by atoms with Crippen LogP contribution in [-0.2, 0) is 47.1 Å². The van der Waals surface area contributed by atoms with Gasteiger partial charge in [-0.05, 0) is 12.8 Å². The average Bonchev–Trinajstić information content (AvgIpc) is 3.39. The van der Waals surface area contributed by atoms with Crippen molar-refractivity contribution in [2.75, 3.05) is 40.6 Å². The summed E-state index contributed by atoms with van der Waals surface area (Å²) in [6, 6.07) is 0. The molecule has 0 atom stereocenters. The van der Waals surface area contributed by atoms with Crippen molar-refractivity contribution in [3.63, 3.8) is 0 Å². The number of aromatic nitrogens is 4. The van der Waals surface area contributed by atoms with E-state index >= 15 is 0 Å². The van der Waals surface area contributed by atoms with E-state index in [0.29, 0.717) is 13.2 Å². The number of aryl methyl sites for hydroxylation is 4. The van der Waals surface area contributed by atoms with E-state index in [9.17, 15) is 0 Å². The van der Waals surface area contributed by atoms with Gasteiger partial charge in [-0.15, -0.1) is 0 Å². The van der Waals surface area contributed by atoms with Gasteiger partial charge in [-0.2, -0.15) is 0 Å². The highest BCUT2D eigenvalue weighted by Gasteiger charge is 1.97. The second-order valence-corrected chi connectivity index (χ2v) is 8.03. The third kappa shape index (κ3) is 36.9. The number of rotatable bonds is 10. The summed E-state index contributed by atoms with van der Waals surface area (Å²) in [5.41, 5.74) is 0. The van der Waals surface area contributed by atoms with Gasteiger partial charge in [0.1, 0.15) is 24.8 Å². The first-order valence-electron chi connectivity index (χ1n) is 11.4. The predicted molar refractivity (Wildman–Crippen MR) is 129 cm³/mol. The van der Waals surface area contributed by atoms with Gasteiger partial charge < -0.3 is 28.8 Å². The van der Waals surface area contributed by atoms with Gasteiger partial charge in [0.25, 0.3) is 0 Å². The molecule has 0 saturated carbocycles. The Bertz CT molecular complexity index is 726. The van der Waals surface area contributed by atoms with Crippen LogP contribution in [0, 0.1) is 0 Å². The smallest absolute Gasteiger partial charge is 0.243 e. The molecule has 2 aromatic heterocycles. The molecule has 35 heavy (non-hydrogen) atoms. The van der Waals surface area contributed by atoms with Crippen LogP contribution in [0.25, 0.3) is 0 Å². The minimum absolute atomic E-state index is 0.0278. The summed E-state index contributed by atoms with van der Waals surface area (Å²) in [4.78, 5) is 0. The minimum atomic E-state index is -5.17. The molecule has 0 saturated heterocycles. The summed E-state index contributed by atoms with van der Waals surface area (Å²) in [5.74, 6) is 0. The Morgan fingerprint density at radius 2 is 1.14 bits per heavy atom. The molecule has 2 N–H and O–H groups in total. The maximum Gasteiger partial charge on any atom is 0.243 e. The number of aliphatic hydroxyl groups is 2. The highest BCUT2D eigenvalue weighted by Crippen LogP contribution is 1.92. The molecule has 0 fully saturated rings. The van der Waals surface area contributed by atoms with E-state index in [1.807, 2.05) is 14.1 Å². The number of aliphatic hydroxyl groups excluding tert-OH is 2. The standard InChI is InChI=1S/2C8H15N2.C4H10O3.C2H6O.H2O4S/c2*1-3-4-5-10-7-6-9(2)8-10;5-1-3-7-4-2-6;1-3-2;1-5(2,3)4/h2*6-8H,3-5H2,1-2H3;5-6H,1-4H2;1-2H3;(H2,1,2,3,4)/q2*+1;;;/p-2. The molecule has 2 heterocycles. The quantitative estimate of drug-likeness (QED) is 0.192. The Morgan fingerprint density at radius 1 is 0.829 bits per heavy atom. The third-order valence-electron chi connectivity index (χ3n) is 3.66. The molecular weight excluding hydrogens is 480 g/mol. The second-order valence-electron chi connectivity index (χ2n) is 7.22. The molecule has 0 aromatic carbocycles. The number of ether oxygens (including phenoxy) is 2. The maximum atomic E-state index is 8.52. The van der Waals surface area contributed by atoms with Crippen molar-refractivity contribution in [2.45, 2.75) is 52.6 Å². The van der Waals surface area contributed by atoms with Gasteiger partial charge in [0, 0.05) is 24.6 Å². The summed E-state index contributed by atoms with van der Waals surface area (Å²) in [7, 11) is 2.17. The summed E-state index contributed by atoms with van der Waals surface area (Å²) < 4.78 is 51.5. The number of imidazole rings is 2. The Kier molecular flexibility index (Phi) is 28.8. The van der Waals surface area contributed by atoms with E-state index < -0.39 is 10.4 Å². The van der Waals surface area contributed by atoms with Crippen LogP contribution in [0.2, 0.25) is 0 Å². The van der Waals surface area contributed by atoms with E-state index in [-0.39, 0.29) is 13.2 Å². The first kappa shape index (κ1) is 37.7. The fourth-order valence-electron chi connectivity index (χ4n) is 2.18. The Balaban J connectivity index is -0.000000387. The van der Waals surface area contributed by atoms with Gasteiger partial charge in [-0.1, -0.05) is 26.7 Å². The Morgan fingerprint density at radius 3 is 1.34 bits per heavy atom. The molecule has 0 bridgehead atoms. The van der Waals surface area contributed by atoms with Crippen LogP contribution >= 0.6 is 0 Å². The molecule has 0 spiro atoms. The average molecular weight is 527 g/mol. The fourth-order valence-corrected chi connectivity index (χ4v) is 2.18. The van der Waals surface area contributed by atoms with E-state index in [4.69, 9.17) is 27.7 Å². The van der Waals surface area contributed by atoms with Gasteiger partial charge in [-0.3, -0.25) is 8.42 Å². The van der Waals surface area contributed by atoms with Crippen molar-refractivity contribution in [1.82, 2.24) is 9.13 Å². The maximum absolute atomic E-state index is 8.52. The van der Waals surface area contributed by atoms with Crippen LogP contribution < -0.4 is 9.13 Å². The highest BCUT2D eigenvalue weighted by molar-refractivity contribution is 7.79. The van der Waals surface area contributed by atoms with Crippen molar-refractivity contribution in [1.29, 1.82) is 0 Å². The number of unbranched alkanes of at least 4 members (excludes halogenated alkanes) is 2. The Hall–Kier alpha value is -1.87. The molecule has 13 heteroatoms. The van der Waals surface area contributed by atoms with E-state index in [2.05, 4.69) is 79.0 Å². The van der Waals surface area contributed by atoms with Gasteiger partial charge in [0.2, 0.25) is 12.7 Å². The Labute approximate surface area is 210 Å². The first-order valence-corrected chi connectivity index (χ1v) is 12.7. The molecule has 0 aliphatic heterocycles. The molecule has 2 aromatic rings. The molecule has 0 aliphatic carbocycles. The summed E-state index contributed by atoms with van der Waals surface area (Å²) in [6.07, 6.45) is 17.6. The summed E-state index contributed by atoms with van der Waals surface area (Å²) >= 11 is 0. The number of methoxy groups -OCH3 is 1. The van der Waals surface area contributed by atoms with Crippen molar-refractivity contribution in [3.8, 4) is 0 Å². The third-order valence-corrected chi connectivity index (χ3v) is 3.66. The fraction of sp³-hybridized carbons (Fsp3) is 0.727. The lowest BCUT2D eigenvalue weighted by molar-refractivity contribution is -0.671. The SMILES string of the molecule is CCCCn1cc[n+](C)c1.CCCCn1cc[n+](C)c1.COC.O=S(=O)([O-])[O-].OCCOCCO. The van der Waals surface area contributed by atoms with Crippen molar-refractivity contribution in [2.24, 2.45) is 14.1 Å². The lowest BCUT2D eigenvalue weighted by Crippen LogP contribution is -2.23. The van der Waals surface area contributed by atoms with Crippen LogP contribution in [0.5, 0.6) is 0 Å². The molecule has 0 unspecified atom stereocenters. The predicted octanol–water partition coefficient (Wildman–Crippen LogP) is 0.138. The lowest BCUT2D eigenvalue weighted by Gasteiger charge is -2.06. The summed E-state index contributed by atoms with van der Waals surface area (Å²) in [5, 5.41) is 16.2. The van der Waals surface area contributed by atoms with Crippen LogP contribution in [0.4, 0.5) is 0 Å². The minimum Gasteiger partial charge on any atom is -0.759 e. The lowest BCUT2D eigenvalue weighted by atomic mass is 10.3. The van der Waals surface area contributed by atoms with Gasteiger partial charge >= 0.3 is 0 Å². The van der Waals surface area contributed by atoms with Crippen LogP contribution in [0.3, 0.4) is 0 Å². The highest BCUT2D eigenvalue weighted by atomic mass is 32.3. The van der Waals surface area contributed by atoms with Gasteiger partial charge in [-0.25, -0.2) is 18.3 Å². The normalized spacial score (nSPS) is 9.89. The van der Waals surface area contributed by atoms with Crippen molar-refractivity contribution < 1.29 is 46.3 Å². The van der Waals surface area contributed by atoms with E-state index in [0.717, 1.165) is 13.1 Å². The molecule has 2 rings (SSSR count). The second kappa shape index (κ2) is 26.7. The molecule has 0 radical (unpaired) electrons. The number of hydrogen-bond donors (Lipinski definition) is 2. The number of hydrogen-bond acceptors (Lipinski definition) is 8. The zero-order valence-corrected chi connectivity index (χ0v) is 22.9. The zero-order valence-electron chi connectivity index (χ0n) is 22.1. The summed E-state index contributed by atoms with van der Waals surface area (Å²) in [6.45, 7) is 7.42. The monoisotopic (exact) mass is 526 g/mol.